The van der Waals surface area contributed by atoms with Crippen molar-refractivity contribution in [2.45, 2.75) is 26.4 Å². The lowest BCUT2D eigenvalue weighted by Crippen LogP contribution is -2.47. The number of likely N-dealkylation sites (N-methyl/N-ethyl adjacent to an activating group) is 1. The highest BCUT2D eigenvalue weighted by atomic mass is 32.3. The summed E-state index contributed by atoms with van der Waals surface area (Å²) in [6.07, 6.45) is 0.803. The van der Waals surface area contributed by atoms with E-state index >= 15 is 0 Å². The minimum Gasteiger partial charge on any atom is -0.726 e. The van der Waals surface area contributed by atoms with E-state index in [0.717, 1.165) is 30.5 Å². The number of aryl methyl sites for hydroxylation is 1. The minimum atomic E-state index is -4.92. The molecule has 0 aromatic heterocycles. The Morgan fingerprint density at radius 3 is 2.30 bits per heavy atom. The second-order valence-corrected chi connectivity index (χ2v) is 6.91. The van der Waals surface area contributed by atoms with Crippen LogP contribution < -0.4 is 5.32 Å². The van der Waals surface area contributed by atoms with Crippen molar-refractivity contribution in [2.24, 2.45) is 0 Å². The van der Waals surface area contributed by atoms with E-state index in [1.54, 1.807) is 0 Å². The third-order valence-corrected chi connectivity index (χ3v) is 3.19. The lowest BCUT2D eigenvalue weighted by atomic mass is 10.1. The normalized spacial score (nSPS) is 13.0. The summed E-state index contributed by atoms with van der Waals surface area (Å²) in [5.74, 6) is 0. The molecule has 0 aliphatic carbocycles. The van der Waals surface area contributed by atoms with Crippen LogP contribution in [-0.4, -0.2) is 66.9 Å². The molecule has 0 heterocycles. The Labute approximate surface area is 139 Å². The number of aliphatic hydroxyl groups is 1. The van der Waals surface area contributed by atoms with Crippen molar-refractivity contribution in [3.05, 3.63) is 29.8 Å². The van der Waals surface area contributed by atoms with E-state index < -0.39 is 10.4 Å². The van der Waals surface area contributed by atoms with Crippen molar-refractivity contribution >= 4 is 16.1 Å². The number of nitrogens with zero attached hydrogens (tertiary/aromatic N) is 1. The molecule has 7 nitrogen and oxygen atoms in total. The van der Waals surface area contributed by atoms with E-state index in [1.165, 1.54) is 11.3 Å². The maximum atomic E-state index is 9.45. The number of rotatable bonds is 7. The molecule has 134 valence electrons. The quantitative estimate of drug-likeness (QED) is 0.387. The number of quaternary nitrogens is 1. The molecule has 0 saturated heterocycles. The summed E-state index contributed by atoms with van der Waals surface area (Å²) in [7, 11) is -0.611. The van der Waals surface area contributed by atoms with Crippen LogP contribution in [0.1, 0.15) is 19.4 Å². The van der Waals surface area contributed by atoms with Crippen LogP contribution in [0.25, 0.3) is 0 Å². The van der Waals surface area contributed by atoms with Gasteiger partial charge in [0.2, 0.25) is 10.4 Å². The molecule has 0 amide bonds. The van der Waals surface area contributed by atoms with Crippen LogP contribution in [0.15, 0.2) is 24.3 Å². The molecule has 1 unspecified atom stereocenters. The number of anilines is 1. The summed E-state index contributed by atoms with van der Waals surface area (Å²) in [5, 5.41) is 12.9. The zero-order chi connectivity index (χ0) is 18.1. The van der Waals surface area contributed by atoms with Gasteiger partial charge in [-0.15, -0.1) is 0 Å². The highest BCUT2D eigenvalue weighted by Gasteiger charge is 2.17. The lowest BCUT2D eigenvalue weighted by molar-refractivity contribution is -0.891. The molecule has 1 atom stereocenters. The second kappa shape index (κ2) is 9.84. The van der Waals surface area contributed by atoms with E-state index in [4.69, 9.17) is 17.5 Å². The van der Waals surface area contributed by atoms with Gasteiger partial charge in [-0.25, -0.2) is 8.42 Å². The summed E-state index contributed by atoms with van der Waals surface area (Å²) in [6, 6.07) is 8.44. The average Bonchev–Trinajstić information content (AvgIpc) is 2.35. The van der Waals surface area contributed by atoms with Gasteiger partial charge in [-0.3, -0.25) is 4.55 Å². The molecule has 3 N–H and O–H groups in total. The standard InChI is InChI=1S/C15H27N2O.H2O4S/c1-5-14-8-6-7-9-15(14)16-10-11-17(3,4)12-13(2)18;1-5(2,3)4/h6-9,13,16,18H,5,10-12H2,1-4H3;(H2,1,2,3,4)/q+1;/p-1. The monoisotopic (exact) mass is 348 g/mol. The fourth-order valence-corrected chi connectivity index (χ4v) is 2.30. The number of aliphatic hydroxyl groups excluding tert-OH is 1. The first-order chi connectivity index (χ1) is 10.4. The van der Waals surface area contributed by atoms with Crippen LogP contribution in [0.4, 0.5) is 5.69 Å². The predicted octanol–water partition coefficient (Wildman–Crippen LogP) is 1.12. The largest absolute Gasteiger partial charge is 0.726 e. The zero-order valence-electron chi connectivity index (χ0n) is 14.2. The maximum absolute atomic E-state index is 9.45. The van der Waals surface area contributed by atoms with Crippen LogP contribution in [0.5, 0.6) is 0 Å². The van der Waals surface area contributed by atoms with Crippen LogP contribution >= 0.6 is 0 Å². The molecule has 0 bridgehead atoms. The van der Waals surface area contributed by atoms with E-state index in [-0.39, 0.29) is 6.10 Å². The third kappa shape index (κ3) is 13.0. The van der Waals surface area contributed by atoms with Crippen molar-refractivity contribution in [2.75, 3.05) is 39.0 Å². The number of hydrogen-bond acceptors (Lipinski definition) is 5. The van der Waals surface area contributed by atoms with Gasteiger partial charge >= 0.3 is 0 Å². The summed E-state index contributed by atoms with van der Waals surface area (Å²) >= 11 is 0. The summed E-state index contributed by atoms with van der Waals surface area (Å²) in [5.41, 5.74) is 2.59. The Bertz CT molecular complexity index is 551. The van der Waals surface area contributed by atoms with Gasteiger partial charge < -0.3 is 19.5 Å². The van der Waals surface area contributed by atoms with Crippen molar-refractivity contribution in [3.8, 4) is 0 Å². The van der Waals surface area contributed by atoms with Crippen molar-refractivity contribution in [1.29, 1.82) is 0 Å². The fourth-order valence-electron chi connectivity index (χ4n) is 2.30. The van der Waals surface area contributed by atoms with Crippen LogP contribution in [-0.2, 0) is 16.8 Å². The molecule has 1 aromatic rings. The van der Waals surface area contributed by atoms with Gasteiger partial charge in [-0.1, -0.05) is 25.1 Å². The van der Waals surface area contributed by atoms with Crippen molar-refractivity contribution < 1.29 is 27.1 Å². The predicted molar refractivity (Wildman–Crippen MR) is 90.2 cm³/mol. The third-order valence-electron chi connectivity index (χ3n) is 3.19. The van der Waals surface area contributed by atoms with Crippen molar-refractivity contribution in [1.82, 2.24) is 0 Å². The first kappa shape index (κ1) is 21.8. The number of nitrogens with one attached hydrogen (secondary N) is 1. The number of hydrogen-bond donors (Lipinski definition) is 3. The number of benzene rings is 1. The lowest BCUT2D eigenvalue weighted by Gasteiger charge is -2.31. The van der Waals surface area contributed by atoms with E-state index in [2.05, 4.69) is 50.6 Å². The van der Waals surface area contributed by atoms with Gasteiger partial charge in [0.1, 0.15) is 12.6 Å². The molecule has 0 aliphatic heterocycles. The summed E-state index contributed by atoms with van der Waals surface area (Å²) < 4.78 is 33.7. The molecule has 1 rings (SSSR count). The summed E-state index contributed by atoms with van der Waals surface area (Å²) in [6.45, 7) is 6.74. The highest BCUT2D eigenvalue weighted by molar-refractivity contribution is 7.79. The SMILES string of the molecule is CCc1ccccc1NCC[N+](C)(C)CC(C)O.O=S(=O)([O-])O. The molecule has 23 heavy (non-hydrogen) atoms. The molecule has 0 aliphatic rings. The Kier molecular flexibility index (Phi) is 9.33. The molecular weight excluding hydrogens is 320 g/mol. The van der Waals surface area contributed by atoms with Gasteiger partial charge in [0, 0.05) is 5.69 Å². The highest BCUT2D eigenvalue weighted by Crippen LogP contribution is 2.15. The molecule has 8 heteroatoms. The zero-order valence-corrected chi connectivity index (χ0v) is 15.0. The summed E-state index contributed by atoms with van der Waals surface area (Å²) in [4.78, 5) is 0. The topological polar surface area (TPSA) is 110 Å². The molecule has 0 radical (unpaired) electrons. The molecular formula is C15H28N2O5S. The van der Waals surface area contributed by atoms with E-state index in [9.17, 15) is 5.11 Å². The first-order valence-corrected chi connectivity index (χ1v) is 8.81. The maximum Gasteiger partial charge on any atom is 0.215 e. The molecule has 0 saturated carbocycles. The van der Waals surface area contributed by atoms with Gasteiger partial charge in [0.25, 0.3) is 0 Å². The Morgan fingerprint density at radius 2 is 1.83 bits per heavy atom. The Hall–Kier alpha value is -1.19. The van der Waals surface area contributed by atoms with Crippen LogP contribution in [0.2, 0.25) is 0 Å². The fraction of sp³-hybridized carbons (Fsp3) is 0.600. The average molecular weight is 348 g/mol. The first-order valence-electron chi connectivity index (χ1n) is 7.44. The van der Waals surface area contributed by atoms with Crippen LogP contribution in [0.3, 0.4) is 0 Å². The smallest absolute Gasteiger partial charge is 0.215 e. The molecule has 1 aromatic carbocycles. The van der Waals surface area contributed by atoms with Crippen molar-refractivity contribution in [3.63, 3.8) is 0 Å². The van der Waals surface area contributed by atoms with Crippen LogP contribution in [0, 0.1) is 0 Å². The molecule has 0 fully saturated rings. The van der Waals surface area contributed by atoms with E-state index in [1.807, 2.05) is 6.92 Å². The Balaban J connectivity index is 0.000000841. The van der Waals surface area contributed by atoms with E-state index in [0.29, 0.717) is 0 Å². The number of para-hydroxylation sites is 1. The Morgan fingerprint density at radius 1 is 1.30 bits per heavy atom. The minimum absolute atomic E-state index is 0.247. The second-order valence-electron chi connectivity index (χ2n) is 6.06. The van der Waals surface area contributed by atoms with Gasteiger partial charge in [0.15, 0.2) is 0 Å². The van der Waals surface area contributed by atoms with Gasteiger partial charge in [-0.05, 0) is 25.0 Å². The van der Waals surface area contributed by atoms with Gasteiger partial charge in [-0.2, -0.15) is 0 Å². The molecule has 0 spiro atoms. The van der Waals surface area contributed by atoms with Gasteiger partial charge in [0.05, 0.1) is 27.2 Å².